The Balaban J connectivity index is 2.05. The highest BCUT2D eigenvalue weighted by Gasteiger charge is 2.25. The molecule has 8 nitrogen and oxygen atoms in total. The molecule has 146 valence electrons. The largest absolute Gasteiger partial charge is 0.465 e. The van der Waals surface area contributed by atoms with Gasteiger partial charge in [0.1, 0.15) is 18.1 Å². The summed E-state index contributed by atoms with van der Waals surface area (Å²) < 4.78 is 11.3. The van der Waals surface area contributed by atoms with Gasteiger partial charge in [0.25, 0.3) is 0 Å². The smallest absolute Gasteiger partial charge is 0.243 e. The van der Waals surface area contributed by atoms with E-state index >= 15 is 0 Å². The Morgan fingerprint density at radius 2 is 2.04 bits per heavy atom. The molecule has 0 spiro atoms. The molecular weight excluding hydrogens is 334 g/mol. The van der Waals surface area contributed by atoms with E-state index in [-0.39, 0.29) is 18.5 Å². The molecule has 1 unspecified atom stereocenters. The van der Waals surface area contributed by atoms with Gasteiger partial charge in [-0.25, -0.2) is 4.99 Å². The lowest BCUT2D eigenvalue weighted by molar-refractivity contribution is -0.127. The van der Waals surface area contributed by atoms with Gasteiger partial charge in [0.15, 0.2) is 5.96 Å². The van der Waals surface area contributed by atoms with Gasteiger partial charge in [-0.1, -0.05) is 0 Å². The Hall–Kier alpha value is -2.06. The van der Waals surface area contributed by atoms with Crippen LogP contribution in [-0.4, -0.2) is 81.7 Å². The molecule has 8 heteroatoms. The van der Waals surface area contributed by atoms with Crippen LogP contribution in [0.5, 0.6) is 0 Å². The first-order chi connectivity index (χ1) is 12.5. The van der Waals surface area contributed by atoms with Crippen molar-refractivity contribution >= 4 is 11.9 Å². The predicted molar refractivity (Wildman–Crippen MR) is 101 cm³/mol. The van der Waals surface area contributed by atoms with Gasteiger partial charge < -0.3 is 24.7 Å². The fourth-order valence-electron chi connectivity index (χ4n) is 2.75. The number of guanidine groups is 1. The van der Waals surface area contributed by atoms with Crippen molar-refractivity contribution in [3.05, 3.63) is 23.7 Å². The Labute approximate surface area is 155 Å². The van der Waals surface area contributed by atoms with E-state index in [9.17, 15) is 4.79 Å². The van der Waals surface area contributed by atoms with Gasteiger partial charge >= 0.3 is 0 Å². The molecule has 1 aromatic rings. The number of carbonyl (C=O) groups excluding carboxylic acids is 1. The zero-order valence-corrected chi connectivity index (χ0v) is 16.2. The van der Waals surface area contributed by atoms with E-state index in [1.54, 1.807) is 14.1 Å². The Morgan fingerprint density at radius 1 is 1.31 bits per heavy atom. The molecule has 2 N–H and O–H groups in total. The SMILES string of the molecule is CCNC(=NCC(=O)N(C)C)NCC(c1ccc(C)o1)N1CCOCC1. The first kappa shape index (κ1) is 20.3. The van der Waals surface area contributed by atoms with Gasteiger partial charge in [-0.15, -0.1) is 0 Å². The van der Waals surface area contributed by atoms with Crippen LogP contribution in [0.15, 0.2) is 21.5 Å². The second-order valence-electron chi connectivity index (χ2n) is 6.48. The second-order valence-corrected chi connectivity index (χ2v) is 6.48. The molecule has 0 radical (unpaired) electrons. The number of rotatable bonds is 7. The van der Waals surface area contributed by atoms with Crippen molar-refractivity contribution in [1.29, 1.82) is 0 Å². The molecule has 1 aliphatic rings. The van der Waals surface area contributed by atoms with Crippen molar-refractivity contribution in [3.8, 4) is 0 Å². The molecule has 1 atom stereocenters. The summed E-state index contributed by atoms with van der Waals surface area (Å²) in [6.45, 7) is 8.59. The number of carbonyl (C=O) groups is 1. The minimum absolute atomic E-state index is 0.0337. The Bertz CT molecular complexity index is 593. The highest BCUT2D eigenvalue weighted by molar-refractivity contribution is 5.84. The molecule has 1 aliphatic heterocycles. The molecule has 0 aromatic carbocycles. The van der Waals surface area contributed by atoms with Crippen molar-refractivity contribution in [2.24, 2.45) is 4.99 Å². The standard InChI is InChI=1S/C18H31N5O3/c1-5-19-18(21-13-17(24)22(3)4)20-12-15(16-7-6-14(2)26-16)23-8-10-25-11-9-23/h6-7,15H,5,8-13H2,1-4H3,(H2,19,20,21). The molecular formula is C18H31N5O3. The van der Waals surface area contributed by atoms with Crippen molar-refractivity contribution in [2.45, 2.75) is 19.9 Å². The molecule has 0 aliphatic carbocycles. The summed E-state index contributed by atoms with van der Waals surface area (Å²) in [7, 11) is 3.46. The Morgan fingerprint density at radius 3 is 2.62 bits per heavy atom. The normalized spacial score (nSPS) is 17.0. The van der Waals surface area contributed by atoms with E-state index in [2.05, 4.69) is 20.5 Å². The number of hydrogen-bond acceptors (Lipinski definition) is 5. The van der Waals surface area contributed by atoms with Crippen LogP contribution < -0.4 is 10.6 Å². The molecule has 1 saturated heterocycles. The molecule has 0 saturated carbocycles. The van der Waals surface area contributed by atoms with E-state index in [4.69, 9.17) is 9.15 Å². The number of ether oxygens (including phenoxy) is 1. The lowest BCUT2D eigenvalue weighted by atomic mass is 10.1. The number of nitrogens with one attached hydrogen (secondary N) is 2. The average molecular weight is 365 g/mol. The summed E-state index contributed by atoms with van der Waals surface area (Å²) in [6.07, 6.45) is 0. The lowest BCUT2D eigenvalue weighted by Crippen LogP contribution is -2.46. The lowest BCUT2D eigenvalue weighted by Gasteiger charge is -2.33. The summed E-state index contributed by atoms with van der Waals surface area (Å²) in [5, 5.41) is 6.53. The number of likely N-dealkylation sites (N-methyl/N-ethyl adjacent to an activating group) is 1. The summed E-state index contributed by atoms with van der Waals surface area (Å²) in [4.78, 5) is 20.1. The van der Waals surface area contributed by atoms with Crippen LogP contribution >= 0.6 is 0 Å². The van der Waals surface area contributed by atoms with E-state index in [1.165, 1.54) is 4.90 Å². The van der Waals surface area contributed by atoms with Crippen LogP contribution in [0.25, 0.3) is 0 Å². The van der Waals surface area contributed by atoms with Gasteiger partial charge in [-0.3, -0.25) is 9.69 Å². The van der Waals surface area contributed by atoms with Gasteiger partial charge in [0, 0.05) is 40.3 Å². The number of aliphatic imine (C=N–C) groups is 1. The van der Waals surface area contributed by atoms with Gasteiger partial charge in [0.05, 0.1) is 19.3 Å². The minimum Gasteiger partial charge on any atom is -0.465 e. The molecule has 0 bridgehead atoms. The molecule has 2 heterocycles. The quantitative estimate of drug-likeness (QED) is 0.544. The summed E-state index contributed by atoms with van der Waals surface area (Å²) in [5.41, 5.74) is 0. The zero-order chi connectivity index (χ0) is 18.9. The maximum atomic E-state index is 11.8. The van der Waals surface area contributed by atoms with Gasteiger partial charge in [0.2, 0.25) is 5.91 Å². The van der Waals surface area contributed by atoms with E-state index < -0.39 is 0 Å². The number of aryl methyl sites for hydroxylation is 1. The fraction of sp³-hybridized carbons (Fsp3) is 0.667. The minimum atomic E-state index is -0.0337. The number of amides is 1. The molecule has 1 fully saturated rings. The van der Waals surface area contributed by atoms with Gasteiger partial charge in [-0.05, 0) is 26.0 Å². The van der Waals surface area contributed by atoms with Crippen LogP contribution in [0.3, 0.4) is 0 Å². The fourth-order valence-corrected chi connectivity index (χ4v) is 2.75. The van der Waals surface area contributed by atoms with Crippen LogP contribution in [0.4, 0.5) is 0 Å². The number of hydrogen-bond donors (Lipinski definition) is 2. The molecule has 26 heavy (non-hydrogen) atoms. The number of furan rings is 1. The first-order valence-electron chi connectivity index (χ1n) is 9.11. The van der Waals surface area contributed by atoms with Crippen molar-refractivity contribution < 1.29 is 13.9 Å². The van der Waals surface area contributed by atoms with Crippen LogP contribution in [0, 0.1) is 6.92 Å². The van der Waals surface area contributed by atoms with Crippen LogP contribution in [-0.2, 0) is 9.53 Å². The van der Waals surface area contributed by atoms with Crippen molar-refractivity contribution in [3.63, 3.8) is 0 Å². The highest BCUT2D eigenvalue weighted by Crippen LogP contribution is 2.23. The third-order valence-corrected chi connectivity index (χ3v) is 4.25. The molecule has 1 amide bonds. The second kappa shape index (κ2) is 10.2. The van der Waals surface area contributed by atoms with E-state index in [0.717, 1.165) is 44.4 Å². The van der Waals surface area contributed by atoms with Crippen LogP contribution in [0.1, 0.15) is 24.5 Å². The average Bonchev–Trinajstić information content (AvgIpc) is 3.06. The Kier molecular flexibility index (Phi) is 7.93. The number of morpholine rings is 1. The third-order valence-electron chi connectivity index (χ3n) is 4.25. The third kappa shape index (κ3) is 6.03. The van der Waals surface area contributed by atoms with Crippen molar-refractivity contribution in [1.82, 2.24) is 20.4 Å². The zero-order valence-electron chi connectivity index (χ0n) is 16.2. The maximum absolute atomic E-state index is 11.8. The van der Waals surface area contributed by atoms with Crippen LogP contribution in [0.2, 0.25) is 0 Å². The van der Waals surface area contributed by atoms with Gasteiger partial charge in [-0.2, -0.15) is 0 Å². The molecule has 1 aromatic heterocycles. The maximum Gasteiger partial charge on any atom is 0.243 e. The predicted octanol–water partition coefficient (Wildman–Crippen LogP) is 0.605. The topological polar surface area (TPSA) is 82.3 Å². The highest BCUT2D eigenvalue weighted by atomic mass is 16.5. The summed E-state index contributed by atoms with van der Waals surface area (Å²) in [5.74, 6) is 2.42. The summed E-state index contributed by atoms with van der Waals surface area (Å²) >= 11 is 0. The summed E-state index contributed by atoms with van der Waals surface area (Å²) in [6, 6.07) is 4.09. The van der Waals surface area contributed by atoms with E-state index in [1.807, 2.05) is 26.0 Å². The molecule has 2 rings (SSSR count). The van der Waals surface area contributed by atoms with E-state index in [0.29, 0.717) is 12.5 Å². The monoisotopic (exact) mass is 365 g/mol. The number of nitrogens with zero attached hydrogens (tertiary/aromatic N) is 3. The van der Waals surface area contributed by atoms with Crippen molar-refractivity contribution in [2.75, 3.05) is 60.0 Å². The first-order valence-corrected chi connectivity index (χ1v) is 9.11.